The average molecular weight is 265 g/mol. The standard InChI is InChI=1S/C14H23N3O2/c1-15-14(16-8-9-18-2)17-10-12-6-4-5-7-13(12)11-19-3/h4-7H,8-11H2,1-3H3,(H2,15,16,17). The molecule has 0 heterocycles. The van der Waals surface area contributed by atoms with Crippen LogP contribution < -0.4 is 10.6 Å². The Morgan fingerprint density at radius 2 is 1.84 bits per heavy atom. The Hall–Kier alpha value is -1.59. The summed E-state index contributed by atoms with van der Waals surface area (Å²) in [6.07, 6.45) is 0. The van der Waals surface area contributed by atoms with Gasteiger partial charge in [-0.2, -0.15) is 0 Å². The van der Waals surface area contributed by atoms with Crippen LogP contribution in [0.2, 0.25) is 0 Å². The monoisotopic (exact) mass is 265 g/mol. The molecule has 0 unspecified atom stereocenters. The van der Waals surface area contributed by atoms with Crippen molar-refractivity contribution in [1.82, 2.24) is 10.6 Å². The molecule has 0 atom stereocenters. The van der Waals surface area contributed by atoms with Crippen LogP contribution >= 0.6 is 0 Å². The van der Waals surface area contributed by atoms with E-state index < -0.39 is 0 Å². The van der Waals surface area contributed by atoms with Gasteiger partial charge < -0.3 is 20.1 Å². The molecule has 0 aromatic heterocycles. The van der Waals surface area contributed by atoms with Gasteiger partial charge in [0.25, 0.3) is 0 Å². The molecule has 0 aliphatic carbocycles. The summed E-state index contributed by atoms with van der Waals surface area (Å²) in [5.41, 5.74) is 2.39. The highest BCUT2D eigenvalue weighted by molar-refractivity contribution is 5.79. The Labute approximate surface area is 115 Å². The second kappa shape index (κ2) is 9.35. The lowest BCUT2D eigenvalue weighted by Crippen LogP contribution is -2.38. The highest BCUT2D eigenvalue weighted by atomic mass is 16.5. The lowest BCUT2D eigenvalue weighted by Gasteiger charge is -2.13. The molecular formula is C14H23N3O2. The number of ether oxygens (including phenoxy) is 2. The molecule has 5 nitrogen and oxygen atoms in total. The maximum absolute atomic E-state index is 5.19. The molecule has 0 saturated heterocycles. The van der Waals surface area contributed by atoms with Crippen molar-refractivity contribution >= 4 is 5.96 Å². The summed E-state index contributed by atoms with van der Waals surface area (Å²) in [6.45, 7) is 2.72. The van der Waals surface area contributed by atoms with E-state index in [1.807, 2.05) is 12.1 Å². The molecule has 2 N–H and O–H groups in total. The summed E-state index contributed by atoms with van der Waals surface area (Å²) in [5.74, 6) is 0.768. The van der Waals surface area contributed by atoms with Gasteiger partial charge >= 0.3 is 0 Å². The first-order valence-electron chi connectivity index (χ1n) is 6.31. The van der Waals surface area contributed by atoms with Gasteiger partial charge in [-0.25, -0.2) is 0 Å². The fraction of sp³-hybridized carbons (Fsp3) is 0.500. The third kappa shape index (κ3) is 5.72. The Bertz CT molecular complexity index is 394. The normalized spacial score (nSPS) is 11.4. The van der Waals surface area contributed by atoms with Gasteiger partial charge in [0.15, 0.2) is 5.96 Å². The molecule has 0 aliphatic rings. The number of nitrogens with zero attached hydrogens (tertiary/aromatic N) is 1. The van der Waals surface area contributed by atoms with Crippen LogP contribution in [0.25, 0.3) is 0 Å². The van der Waals surface area contributed by atoms with Gasteiger partial charge in [-0.1, -0.05) is 24.3 Å². The largest absolute Gasteiger partial charge is 0.383 e. The number of methoxy groups -OCH3 is 2. The van der Waals surface area contributed by atoms with Crippen LogP contribution in [-0.2, 0) is 22.6 Å². The summed E-state index contributed by atoms with van der Waals surface area (Å²) in [5, 5.41) is 6.45. The Morgan fingerprint density at radius 3 is 2.47 bits per heavy atom. The third-order valence-corrected chi connectivity index (χ3v) is 2.69. The third-order valence-electron chi connectivity index (χ3n) is 2.69. The quantitative estimate of drug-likeness (QED) is 0.441. The summed E-state index contributed by atoms with van der Waals surface area (Å²) >= 11 is 0. The van der Waals surface area contributed by atoms with E-state index in [-0.39, 0.29) is 0 Å². The summed E-state index contributed by atoms with van der Waals surface area (Å²) in [6, 6.07) is 8.20. The van der Waals surface area contributed by atoms with Gasteiger partial charge in [0.1, 0.15) is 0 Å². The van der Waals surface area contributed by atoms with Gasteiger partial charge in [-0.3, -0.25) is 4.99 Å². The van der Waals surface area contributed by atoms with Gasteiger partial charge in [-0.05, 0) is 11.1 Å². The highest BCUT2D eigenvalue weighted by Gasteiger charge is 2.02. The van der Waals surface area contributed by atoms with Crippen molar-refractivity contribution in [3.05, 3.63) is 35.4 Å². The second-order valence-corrected chi connectivity index (χ2v) is 4.05. The van der Waals surface area contributed by atoms with Crippen LogP contribution in [0.15, 0.2) is 29.3 Å². The number of rotatable bonds is 7. The predicted octanol–water partition coefficient (Wildman–Crippen LogP) is 1.14. The zero-order valence-corrected chi connectivity index (χ0v) is 11.9. The van der Waals surface area contributed by atoms with Crippen LogP contribution in [0.5, 0.6) is 0 Å². The van der Waals surface area contributed by atoms with Gasteiger partial charge in [0.05, 0.1) is 13.2 Å². The minimum atomic E-state index is 0.619. The van der Waals surface area contributed by atoms with E-state index in [0.717, 1.165) is 12.5 Å². The van der Waals surface area contributed by atoms with Crippen molar-refractivity contribution in [3.8, 4) is 0 Å². The van der Waals surface area contributed by atoms with Crippen molar-refractivity contribution < 1.29 is 9.47 Å². The molecule has 1 aromatic carbocycles. The smallest absolute Gasteiger partial charge is 0.191 e. The zero-order valence-electron chi connectivity index (χ0n) is 11.9. The molecule has 0 fully saturated rings. The van der Waals surface area contributed by atoms with Gasteiger partial charge in [0.2, 0.25) is 0 Å². The first-order chi connectivity index (χ1) is 9.31. The summed E-state index contributed by atoms with van der Waals surface area (Å²) in [7, 11) is 5.14. The number of nitrogens with one attached hydrogen (secondary N) is 2. The Kier molecular flexibility index (Phi) is 7.62. The lowest BCUT2D eigenvalue weighted by molar-refractivity contribution is 0.184. The summed E-state index contributed by atoms with van der Waals surface area (Å²) < 4.78 is 10.2. The van der Waals surface area contributed by atoms with Gasteiger partial charge in [0, 0.05) is 34.4 Å². The maximum Gasteiger partial charge on any atom is 0.191 e. The molecule has 0 spiro atoms. The van der Waals surface area contributed by atoms with Crippen molar-refractivity contribution in [1.29, 1.82) is 0 Å². The molecule has 19 heavy (non-hydrogen) atoms. The molecule has 1 rings (SSSR count). The molecule has 5 heteroatoms. The van der Waals surface area contributed by atoms with Gasteiger partial charge in [-0.15, -0.1) is 0 Å². The van der Waals surface area contributed by atoms with Crippen molar-refractivity contribution in [2.45, 2.75) is 13.2 Å². The number of hydrogen-bond acceptors (Lipinski definition) is 3. The molecule has 0 aliphatic heterocycles. The fourth-order valence-corrected chi connectivity index (χ4v) is 1.70. The van der Waals surface area contributed by atoms with Crippen molar-refractivity contribution in [2.24, 2.45) is 4.99 Å². The number of benzene rings is 1. The van der Waals surface area contributed by atoms with E-state index in [1.165, 1.54) is 11.1 Å². The lowest BCUT2D eigenvalue weighted by atomic mass is 10.1. The fourth-order valence-electron chi connectivity index (χ4n) is 1.70. The van der Waals surface area contributed by atoms with Crippen molar-refractivity contribution in [3.63, 3.8) is 0 Å². The molecule has 0 saturated carbocycles. The molecule has 0 radical (unpaired) electrons. The molecule has 1 aromatic rings. The Balaban J connectivity index is 2.50. The molecule has 0 amide bonds. The number of hydrogen-bond donors (Lipinski definition) is 2. The minimum Gasteiger partial charge on any atom is -0.383 e. The summed E-state index contributed by atoms with van der Waals surface area (Å²) in [4.78, 5) is 4.16. The molecule has 0 bridgehead atoms. The van der Waals surface area contributed by atoms with Crippen LogP contribution in [0.1, 0.15) is 11.1 Å². The predicted molar refractivity (Wildman–Crippen MR) is 77.2 cm³/mol. The van der Waals surface area contributed by atoms with E-state index in [1.54, 1.807) is 21.3 Å². The first-order valence-corrected chi connectivity index (χ1v) is 6.31. The number of guanidine groups is 1. The van der Waals surface area contributed by atoms with E-state index >= 15 is 0 Å². The molecular weight excluding hydrogens is 242 g/mol. The zero-order chi connectivity index (χ0) is 13.9. The van der Waals surface area contributed by atoms with Crippen LogP contribution in [0.3, 0.4) is 0 Å². The van der Waals surface area contributed by atoms with E-state index in [2.05, 4.69) is 27.8 Å². The average Bonchev–Trinajstić information content (AvgIpc) is 2.44. The second-order valence-electron chi connectivity index (χ2n) is 4.05. The molecule has 106 valence electrons. The van der Waals surface area contributed by atoms with E-state index in [0.29, 0.717) is 19.8 Å². The first kappa shape index (κ1) is 15.5. The van der Waals surface area contributed by atoms with Crippen molar-refractivity contribution in [2.75, 3.05) is 34.4 Å². The number of aliphatic imine (C=N–C) groups is 1. The van der Waals surface area contributed by atoms with Crippen LogP contribution in [0.4, 0.5) is 0 Å². The van der Waals surface area contributed by atoms with E-state index in [4.69, 9.17) is 9.47 Å². The minimum absolute atomic E-state index is 0.619. The topological polar surface area (TPSA) is 54.9 Å². The Morgan fingerprint density at radius 1 is 1.11 bits per heavy atom. The maximum atomic E-state index is 5.19. The highest BCUT2D eigenvalue weighted by Crippen LogP contribution is 2.09. The van der Waals surface area contributed by atoms with E-state index in [9.17, 15) is 0 Å². The van der Waals surface area contributed by atoms with Crippen LogP contribution in [-0.4, -0.2) is 40.4 Å². The SMILES string of the molecule is CN=C(NCCOC)NCc1ccccc1COC. The van der Waals surface area contributed by atoms with Crippen LogP contribution in [0, 0.1) is 0 Å².